The molecule has 0 amide bonds. The van der Waals surface area contributed by atoms with Crippen molar-refractivity contribution in [2.24, 2.45) is 0 Å². The van der Waals surface area contributed by atoms with Crippen LogP contribution in [-0.4, -0.2) is 11.6 Å². The summed E-state index contributed by atoms with van der Waals surface area (Å²) in [6, 6.07) is 4.14. The third kappa shape index (κ3) is 1.26. The summed E-state index contributed by atoms with van der Waals surface area (Å²) in [5.74, 6) is 0. The first kappa shape index (κ1) is 6.80. The minimum atomic E-state index is 0.336. The maximum Gasteiger partial charge on any atom is 0.108 e. The zero-order valence-corrected chi connectivity index (χ0v) is 6.79. The quantitative estimate of drug-likeness (QED) is 0.568. The van der Waals surface area contributed by atoms with E-state index in [0.717, 1.165) is 18.0 Å². The normalized spacial score (nSPS) is 21.8. The Kier molecular flexibility index (Phi) is 1.43. The van der Waals surface area contributed by atoms with E-state index in [0.29, 0.717) is 6.10 Å². The van der Waals surface area contributed by atoms with Crippen molar-refractivity contribution in [2.75, 3.05) is 6.61 Å². The molecule has 1 aromatic rings. The predicted octanol–water partition coefficient (Wildman–Crippen LogP) is 1.77. The van der Waals surface area contributed by atoms with Crippen LogP contribution in [0.15, 0.2) is 12.1 Å². The van der Waals surface area contributed by atoms with Crippen LogP contribution in [0, 0.1) is 13.8 Å². The molecule has 0 saturated carbocycles. The van der Waals surface area contributed by atoms with Gasteiger partial charge in [-0.2, -0.15) is 0 Å². The molecule has 0 aliphatic carbocycles. The summed E-state index contributed by atoms with van der Waals surface area (Å²) in [7, 11) is 0. The molecular weight excluding hydrogens is 138 g/mol. The van der Waals surface area contributed by atoms with Crippen LogP contribution in [0.1, 0.15) is 23.1 Å². The topological polar surface area (TPSA) is 25.4 Å². The number of aryl methyl sites for hydroxylation is 2. The summed E-state index contributed by atoms with van der Waals surface area (Å²) < 4.78 is 5.18. The molecule has 11 heavy (non-hydrogen) atoms. The van der Waals surface area contributed by atoms with Gasteiger partial charge in [-0.05, 0) is 19.9 Å². The molecule has 58 valence electrons. The van der Waals surface area contributed by atoms with E-state index in [4.69, 9.17) is 4.74 Å². The third-order valence-electron chi connectivity index (χ3n) is 1.95. The molecule has 1 atom stereocenters. The van der Waals surface area contributed by atoms with Crippen molar-refractivity contribution in [3.63, 3.8) is 0 Å². The van der Waals surface area contributed by atoms with Gasteiger partial charge in [0.05, 0.1) is 6.61 Å². The van der Waals surface area contributed by atoms with Gasteiger partial charge < -0.3 is 4.74 Å². The number of hydrogen-bond acceptors (Lipinski definition) is 2. The second-order valence-electron chi connectivity index (χ2n) is 2.95. The Balaban J connectivity index is 2.39. The molecule has 0 N–H and O–H groups in total. The van der Waals surface area contributed by atoms with E-state index < -0.39 is 0 Å². The summed E-state index contributed by atoms with van der Waals surface area (Å²) in [4.78, 5) is 4.35. The lowest BCUT2D eigenvalue weighted by atomic mass is 10.1. The van der Waals surface area contributed by atoms with Crippen LogP contribution < -0.4 is 0 Å². The molecule has 0 bridgehead atoms. The number of nitrogens with zero attached hydrogens (tertiary/aromatic N) is 1. The van der Waals surface area contributed by atoms with Crippen molar-refractivity contribution in [2.45, 2.75) is 20.0 Å². The first-order chi connectivity index (χ1) is 5.27. The van der Waals surface area contributed by atoms with Crippen LogP contribution in [0.2, 0.25) is 0 Å². The standard InChI is InChI=1S/C9H11NO/c1-6-3-4-8(7(2)10-6)9-5-11-9/h3-4,9H,5H2,1-2H3. The predicted molar refractivity (Wildman–Crippen MR) is 42.4 cm³/mol. The lowest BCUT2D eigenvalue weighted by Gasteiger charge is -2.00. The van der Waals surface area contributed by atoms with Crippen molar-refractivity contribution >= 4 is 0 Å². The highest BCUT2D eigenvalue weighted by molar-refractivity contribution is 5.26. The summed E-state index contributed by atoms with van der Waals surface area (Å²) in [5, 5.41) is 0. The first-order valence-electron chi connectivity index (χ1n) is 3.83. The fourth-order valence-electron chi connectivity index (χ4n) is 1.27. The average Bonchev–Trinajstić information content (AvgIpc) is 2.70. The average molecular weight is 149 g/mol. The lowest BCUT2D eigenvalue weighted by molar-refractivity contribution is 0.414. The molecule has 0 aromatic carbocycles. The molecule has 0 radical (unpaired) electrons. The molecule has 2 nitrogen and oxygen atoms in total. The van der Waals surface area contributed by atoms with Crippen molar-refractivity contribution < 1.29 is 4.74 Å². The maximum absolute atomic E-state index is 5.18. The molecule has 1 aliphatic rings. The van der Waals surface area contributed by atoms with Gasteiger partial charge in [-0.15, -0.1) is 0 Å². The minimum Gasteiger partial charge on any atom is -0.368 e. The number of pyridine rings is 1. The largest absolute Gasteiger partial charge is 0.368 e. The van der Waals surface area contributed by atoms with Crippen LogP contribution in [0.3, 0.4) is 0 Å². The number of hydrogen-bond donors (Lipinski definition) is 0. The Labute approximate surface area is 66.2 Å². The zero-order chi connectivity index (χ0) is 7.84. The van der Waals surface area contributed by atoms with Gasteiger partial charge in [-0.25, -0.2) is 0 Å². The van der Waals surface area contributed by atoms with Gasteiger partial charge in [0.15, 0.2) is 0 Å². The van der Waals surface area contributed by atoms with Gasteiger partial charge in [0.25, 0.3) is 0 Å². The van der Waals surface area contributed by atoms with Gasteiger partial charge in [0, 0.05) is 17.0 Å². The first-order valence-corrected chi connectivity index (χ1v) is 3.83. The fraction of sp³-hybridized carbons (Fsp3) is 0.444. The van der Waals surface area contributed by atoms with Crippen LogP contribution in [-0.2, 0) is 4.74 Å². The van der Waals surface area contributed by atoms with Crippen molar-refractivity contribution in [1.82, 2.24) is 4.98 Å². The SMILES string of the molecule is Cc1ccc(C2CO2)c(C)n1. The summed E-state index contributed by atoms with van der Waals surface area (Å²) in [5.41, 5.74) is 3.43. The third-order valence-corrected chi connectivity index (χ3v) is 1.95. The lowest BCUT2D eigenvalue weighted by Crippen LogP contribution is -1.92. The van der Waals surface area contributed by atoms with Gasteiger partial charge in [0.1, 0.15) is 6.10 Å². The Morgan fingerprint density at radius 1 is 1.45 bits per heavy atom. The van der Waals surface area contributed by atoms with E-state index in [9.17, 15) is 0 Å². The Morgan fingerprint density at radius 2 is 2.18 bits per heavy atom. The fourth-order valence-corrected chi connectivity index (χ4v) is 1.27. The van der Waals surface area contributed by atoms with Crippen LogP contribution in [0.4, 0.5) is 0 Å². The molecule has 2 heteroatoms. The maximum atomic E-state index is 5.18. The van der Waals surface area contributed by atoms with Crippen molar-refractivity contribution in [1.29, 1.82) is 0 Å². The summed E-state index contributed by atoms with van der Waals surface area (Å²) in [6.07, 6.45) is 0.336. The van der Waals surface area contributed by atoms with Crippen LogP contribution >= 0.6 is 0 Å². The van der Waals surface area contributed by atoms with Crippen LogP contribution in [0.5, 0.6) is 0 Å². The molecular formula is C9H11NO. The van der Waals surface area contributed by atoms with Crippen LogP contribution in [0.25, 0.3) is 0 Å². The summed E-state index contributed by atoms with van der Waals surface area (Å²) >= 11 is 0. The smallest absolute Gasteiger partial charge is 0.108 e. The highest BCUT2D eigenvalue weighted by Gasteiger charge is 2.26. The van der Waals surface area contributed by atoms with E-state index >= 15 is 0 Å². The van der Waals surface area contributed by atoms with Gasteiger partial charge in [-0.1, -0.05) is 6.07 Å². The minimum absolute atomic E-state index is 0.336. The number of ether oxygens (including phenoxy) is 1. The Hall–Kier alpha value is -0.890. The van der Waals surface area contributed by atoms with E-state index in [-0.39, 0.29) is 0 Å². The highest BCUT2D eigenvalue weighted by atomic mass is 16.6. The van der Waals surface area contributed by atoms with Gasteiger partial charge >= 0.3 is 0 Å². The number of aromatic nitrogens is 1. The van der Waals surface area contributed by atoms with E-state index in [2.05, 4.69) is 11.1 Å². The van der Waals surface area contributed by atoms with E-state index in [1.54, 1.807) is 0 Å². The number of epoxide rings is 1. The van der Waals surface area contributed by atoms with Gasteiger partial charge in [-0.3, -0.25) is 4.98 Å². The van der Waals surface area contributed by atoms with E-state index in [1.807, 2.05) is 19.9 Å². The van der Waals surface area contributed by atoms with Crippen molar-refractivity contribution in [3.05, 3.63) is 29.1 Å². The molecule has 1 unspecified atom stereocenters. The van der Waals surface area contributed by atoms with E-state index in [1.165, 1.54) is 5.56 Å². The molecule has 1 fully saturated rings. The molecule has 0 spiro atoms. The highest BCUT2D eigenvalue weighted by Crippen LogP contribution is 2.31. The second kappa shape index (κ2) is 2.31. The monoisotopic (exact) mass is 149 g/mol. The Morgan fingerprint density at radius 3 is 2.73 bits per heavy atom. The molecule has 2 heterocycles. The van der Waals surface area contributed by atoms with Crippen molar-refractivity contribution in [3.8, 4) is 0 Å². The zero-order valence-electron chi connectivity index (χ0n) is 6.79. The summed E-state index contributed by atoms with van der Waals surface area (Å²) in [6.45, 7) is 4.90. The molecule has 1 saturated heterocycles. The molecule has 1 aliphatic heterocycles. The van der Waals surface area contributed by atoms with Gasteiger partial charge in [0.2, 0.25) is 0 Å². The Bertz CT molecular complexity index is 279. The molecule has 2 rings (SSSR count). The number of rotatable bonds is 1. The molecule has 1 aromatic heterocycles. The second-order valence-corrected chi connectivity index (χ2v) is 2.95.